The molecule has 0 heterocycles. The molecule has 0 aromatic carbocycles. The molecule has 0 spiro atoms. The molecule has 6 nitrogen and oxygen atoms in total. The molecule has 0 aliphatic heterocycles. The summed E-state index contributed by atoms with van der Waals surface area (Å²) >= 11 is 0. The number of carbonyl (C=O) groups is 3. The second-order valence-electron chi connectivity index (χ2n) is 18.4. The van der Waals surface area contributed by atoms with Gasteiger partial charge < -0.3 is 14.2 Å². The van der Waals surface area contributed by atoms with Crippen LogP contribution in [0.3, 0.4) is 0 Å². The van der Waals surface area contributed by atoms with E-state index in [1.165, 1.54) is 77.0 Å². The molecule has 0 saturated heterocycles. The minimum absolute atomic E-state index is 0.114. The first-order valence-corrected chi connectivity index (χ1v) is 28.7. The van der Waals surface area contributed by atoms with Crippen LogP contribution in [0.15, 0.2) is 134 Å². The van der Waals surface area contributed by atoms with Gasteiger partial charge in [-0.15, -0.1) is 0 Å². The van der Waals surface area contributed by atoms with Gasteiger partial charge in [0.1, 0.15) is 13.2 Å². The summed E-state index contributed by atoms with van der Waals surface area (Å²) in [5, 5.41) is 0. The number of carbonyl (C=O) groups excluding carboxylic acids is 3. The molecule has 0 aliphatic rings. The zero-order valence-corrected chi connectivity index (χ0v) is 45.7. The van der Waals surface area contributed by atoms with Crippen molar-refractivity contribution >= 4 is 17.9 Å². The molecular formula is C65H104O6. The molecule has 0 aromatic rings. The zero-order chi connectivity index (χ0) is 51.4. The molecule has 400 valence electrons. The first-order valence-electron chi connectivity index (χ1n) is 28.7. The lowest BCUT2D eigenvalue weighted by molar-refractivity contribution is -0.166. The van der Waals surface area contributed by atoms with E-state index in [1.54, 1.807) is 0 Å². The second-order valence-corrected chi connectivity index (χ2v) is 18.4. The number of hydrogen-bond acceptors (Lipinski definition) is 6. The Balaban J connectivity index is 4.46. The Morgan fingerprint density at radius 2 is 0.577 bits per heavy atom. The van der Waals surface area contributed by atoms with Crippen LogP contribution in [0.2, 0.25) is 0 Å². The number of allylic oxidation sites excluding steroid dienone is 22. The van der Waals surface area contributed by atoms with Crippen LogP contribution in [0.5, 0.6) is 0 Å². The highest BCUT2D eigenvalue weighted by Gasteiger charge is 2.19. The largest absolute Gasteiger partial charge is 0.462 e. The maximum atomic E-state index is 12.9. The molecule has 71 heavy (non-hydrogen) atoms. The van der Waals surface area contributed by atoms with Gasteiger partial charge >= 0.3 is 17.9 Å². The molecule has 0 fully saturated rings. The van der Waals surface area contributed by atoms with E-state index in [2.05, 4.69) is 142 Å². The predicted octanol–water partition coefficient (Wildman–Crippen LogP) is 19.4. The van der Waals surface area contributed by atoms with Crippen LogP contribution in [-0.4, -0.2) is 37.2 Å². The Morgan fingerprint density at radius 1 is 0.296 bits per heavy atom. The lowest BCUT2D eigenvalue weighted by Gasteiger charge is -2.18. The van der Waals surface area contributed by atoms with Crippen LogP contribution in [0.25, 0.3) is 0 Å². The average Bonchev–Trinajstić information content (AvgIpc) is 3.37. The van der Waals surface area contributed by atoms with E-state index in [0.717, 1.165) is 116 Å². The van der Waals surface area contributed by atoms with Gasteiger partial charge in [0, 0.05) is 19.3 Å². The average molecular weight is 982 g/mol. The number of hydrogen-bond donors (Lipinski definition) is 0. The molecule has 0 aromatic heterocycles. The summed E-state index contributed by atoms with van der Waals surface area (Å²) in [6.07, 6.45) is 81.7. The quantitative estimate of drug-likeness (QED) is 0.0262. The first-order chi connectivity index (χ1) is 35.0. The lowest BCUT2D eigenvalue weighted by Crippen LogP contribution is -2.30. The fraction of sp³-hybridized carbons (Fsp3) is 0.615. The summed E-state index contributed by atoms with van der Waals surface area (Å²) in [6, 6.07) is 0. The molecule has 0 radical (unpaired) electrons. The number of rotatable bonds is 50. The fourth-order valence-electron chi connectivity index (χ4n) is 7.39. The van der Waals surface area contributed by atoms with Gasteiger partial charge in [-0.2, -0.15) is 0 Å². The van der Waals surface area contributed by atoms with E-state index >= 15 is 0 Å². The van der Waals surface area contributed by atoms with Gasteiger partial charge in [-0.1, -0.05) is 231 Å². The first kappa shape index (κ1) is 66.6. The van der Waals surface area contributed by atoms with Gasteiger partial charge in [-0.05, 0) is 122 Å². The van der Waals surface area contributed by atoms with Crippen molar-refractivity contribution in [3.8, 4) is 0 Å². The Labute approximate surface area is 436 Å². The predicted molar refractivity (Wildman–Crippen MR) is 306 cm³/mol. The Bertz CT molecular complexity index is 1550. The normalized spacial score (nSPS) is 13.1. The third kappa shape index (κ3) is 56.3. The summed E-state index contributed by atoms with van der Waals surface area (Å²) in [5.74, 6) is -1.02. The smallest absolute Gasteiger partial charge is 0.306 e. The SMILES string of the molecule is CC/C=C\C/C=C\C/C=C\C/C=C\C/C=C\CCCCCCCCCC(=O)OCC(COC(=O)CC/C=C\C/C=C\C/C=C\C/C=C\CC)OC(=O)CCCCCCCCC/C=C\C/C=C\CCCCC. The Kier molecular flexibility index (Phi) is 54.5. The van der Waals surface area contributed by atoms with Crippen LogP contribution >= 0.6 is 0 Å². The van der Waals surface area contributed by atoms with Crippen LogP contribution in [0, 0.1) is 0 Å². The minimum Gasteiger partial charge on any atom is -0.462 e. The van der Waals surface area contributed by atoms with Gasteiger partial charge in [0.25, 0.3) is 0 Å². The van der Waals surface area contributed by atoms with Crippen molar-refractivity contribution in [1.29, 1.82) is 0 Å². The third-order valence-electron chi connectivity index (χ3n) is 11.6. The van der Waals surface area contributed by atoms with Crippen molar-refractivity contribution in [3.63, 3.8) is 0 Å². The van der Waals surface area contributed by atoms with Crippen molar-refractivity contribution in [1.82, 2.24) is 0 Å². The van der Waals surface area contributed by atoms with Crippen molar-refractivity contribution in [2.24, 2.45) is 0 Å². The minimum atomic E-state index is -0.821. The highest BCUT2D eigenvalue weighted by molar-refractivity contribution is 5.71. The monoisotopic (exact) mass is 981 g/mol. The fourth-order valence-corrected chi connectivity index (χ4v) is 7.39. The molecule has 1 unspecified atom stereocenters. The van der Waals surface area contributed by atoms with Crippen LogP contribution in [0.4, 0.5) is 0 Å². The number of esters is 3. The molecule has 6 heteroatoms. The van der Waals surface area contributed by atoms with E-state index in [9.17, 15) is 14.4 Å². The molecular weight excluding hydrogens is 877 g/mol. The third-order valence-corrected chi connectivity index (χ3v) is 11.6. The maximum Gasteiger partial charge on any atom is 0.306 e. The topological polar surface area (TPSA) is 78.9 Å². The van der Waals surface area contributed by atoms with Crippen LogP contribution < -0.4 is 0 Å². The van der Waals surface area contributed by atoms with Crippen LogP contribution in [0.1, 0.15) is 239 Å². The maximum absolute atomic E-state index is 12.9. The van der Waals surface area contributed by atoms with E-state index in [0.29, 0.717) is 19.3 Å². The van der Waals surface area contributed by atoms with Crippen molar-refractivity contribution in [2.45, 2.75) is 245 Å². The molecule has 0 amide bonds. The van der Waals surface area contributed by atoms with Crippen molar-refractivity contribution < 1.29 is 28.6 Å². The summed E-state index contributed by atoms with van der Waals surface area (Å²) in [6.45, 7) is 6.30. The summed E-state index contributed by atoms with van der Waals surface area (Å²) in [7, 11) is 0. The van der Waals surface area contributed by atoms with Crippen molar-refractivity contribution in [3.05, 3.63) is 134 Å². The van der Waals surface area contributed by atoms with Gasteiger partial charge in [-0.25, -0.2) is 0 Å². The summed E-state index contributed by atoms with van der Waals surface area (Å²) in [4.78, 5) is 38.1. The Hall–Kier alpha value is -4.45. The van der Waals surface area contributed by atoms with Gasteiger partial charge in [-0.3, -0.25) is 14.4 Å². The number of unbranched alkanes of at least 4 members (excludes halogenated alkanes) is 17. The zero-order valence-electron chi connectivity index (χ0n) is 45.7. The highest BCUT2D eigenvalue weighted by Crippen LogP contribution is 2.14. The molecule has 0 bridgehead atoms. The standard InChI is InChI=1S/C65H104O6/c1-4-7-10-13-16-19-22-25-27-29-30-31-32-33-34-36-37-40-43-46-49-52-55-58-64(67)70-61-62(60-69-63(66)57-54-51-48-45-42-39-24-21-18-15-12-9-6-3)71-65(68)59-56-53-50-47-44-41-38-35-28-26-23-20-17-14-11-8-5-2/h7,9-10,12,16-21,25-28,30-31,33-34,39,42,48,51,62H,4-6,8,11,13-15,22-24,29,32,35-38,40-41,43-47,49-50,52-61H2,1-3H3/b10-7-,12-9-,19-16-,20-17-,21-18-,27-25-,28-26-,31-30-,34-33-,42-39-,51-48-. The Morgan fingerprint density at radius 3 is 0.944 bits per heavy atom. The molecule has 0 aliphatic carbocycles. The molecule has 0 rings (SSSR count). The molecule has 1 atom stereocenters. The molecule has 0 N–H and O–H groups in total. The van der Waals surface area contributed by atoms with Gasteiger partial charge in [0.2, 0.25) is 0 Å². The lowest BCUT2D eigenvalue weighted by atomic mass is 10.1. The molecule has 0 saturated carbocycles. The van der Waals surface area contributed by atoms with E-state index in [-0.39, 0.29) is 37.5 Å². The van der Waals surface area contributed by atoms with E-state index < -0.39 is 6.10 Å². The van der Waals surface area contributed by atoms with Crippen LogP contribution in [-0.2, 0) is 28.6 Å². The van der Waals surface area contributed by atoms with E-state index in [1.807, 2.05) is 12.2 Å². The van der Waals surface area contributed by atoms with Crippen molar-refractivity contribution in [2.75, 3.05) is 13.2 Å². The van der Waals surface area contributed by atoms with Gasteiger partial charge in [0.15, 0.2) is 6.10 Å². The summed E-state index contributed by atoms with van der Waals surface area (Å²) < 4.78 is 16.8. The van der Waals surface area contributed by atoms with Gasteiger partial charge in [0.05, 0.1) is 0 Å². The van der Waals surface area contributed by atoms with E-state index in [4.69, 9.17) is 14.2 Å². The number of ether oxygens (including phenoxy) is 3. The second kappa shape index (κ2) is 58.1. The summed E-state index contributed by atoms with van der Waals surface area (Å²) in [5.41, 5.74) is 0. The highest BCUT2D eigenvalue weighted by atomic mass is 16.6.